The Morgan fingerprint density at radius 2 is 2.04 bits per heavy atom. The van der Waals surface area contributed by atoms with Gasteiger partial charge in [0.25, 0.3) is 11.2 Å². The third-order valence-electron chi connectivity index (χ3n) is 4.04. The van der Waals surface area contributed by atoms with E-state index in [-0.39, 0.29) is 28.7 Å². The summed E-state index contributed by atoms with van der Waals surface area (Å²) in [5, 5.41) is 30.8. The highest BCUT2D eigenvalue weighted by Gasteiger charge is 2.19. The number of hydrogen-bond donors (Lipinski definition) is 1. The van der Waals surface area contributed by atoms with Crippen molar-refractivity contribution in [3.63, 3.8) is 0 Å². The maximum atomic E-state index is 12.3. The minimum absolute atomic E-state index is 0.0644. The zero-order valence-corrected chi connectivity index (χ0v) is 14.8. The fraction of sp³-hybridized carbons (Fsp3) is 0.278. The summed E-state index contributed by atoms with van der Waals surface area (Å²) in [4.78, 5) is 27.0. The summed E-state index contributed by atoms with van der Waals surface area (Å²) < 4.78 is 1.12. The molecule has 1 heterocycles. The van der Waals surface area contributed by atoms with E-state index in [0.717, 1.165) is 4.57 Å². The fourth-order valence-electron chi connectivity index (χ4n) is 2.59. The molecular formula is C18H18N4O4. The smallest absolute Gasteiger partial charge is 0.274 e. The molecule has 0 unspecified atom stereocenters. The molecule has 1 N–H and O–H groups in total. The minimum atomic E-state index is -0.569. The Kier molecular flexibility index (Phi) is 5.22. The quantitative estimate of drug-likeness (QED) is 0.513. The van der Waals surface area contributed by atoms with E-state index in [1.165, 1.54) is 12.3 Å². The van der Waals surface area contributed by atoms with Gasteiger partial charge >= 0.3 is 0 Å². The monoisotopic (exact) mass is 354 g/mol. The largest absolute Gasteiger partial charge is 0.494 e. The molecule has 0 saturated carbocycles. The number of nitro benzene ring substituents is 1. The van der Waals surface area contributed by atoms with Crippen LogP contribution in [-0.2, 0) is 0 Å². The van der Waals surface area contributed by atoms with Crippen molar-refractivity contribution in [2.75, 3.05) is 0 Å². The van der Waals surface area contributed by atoms with Crippen LogP contribution in [0.5, 0.6) is 5.88 Å². The Labute approximate surface area is 149 Å². The lowest BCUT2D eigenvalue weighted by Crippen LogP contribution is -2.26. The number of aromatic nitrogens is 1. The number of aryl methyl sites for hydroxylation is 1. The van der Waals surface area contributed by atoms with E-state index in [2.05, 4.69) is 4.99 Å². The number of hydrogen-bond acceptors (Lipinski definition) is 6. The predicted octanol–water partition coefficient (Wildman–Crippen LogP) is 3.28. The van der Waals surface area contributed by atoms with Crippen molar-refractivity contribution in [1.29, 1.82) is 5.26 Å². The first-order valence-electron chi connectivity index (χ1n) is 7.86. The van der Waals surface area contributed by atoms with Crippen molar-refractivity contribution in [1.82, 2.24) is 4.57 Å². The zero-order chi connectivity index (χ0) is 19.6. The fourth-order valence-corrected chi connectivity index (χ4v) is 2.59. The van der Waals surface area contributed by atoms with Crippen molar-refractivity contribution in [3.8, 4) is 11.9 Å². The molecule has 0 spiro atoms. The van der Waals surface area contributed by atoms with Crippen LogP contribution < -0.4 is 5.56 Å². The number of aromatic hydroxyl groups is 1. The van der Waals surface area contributed by atoms with Crippen molar-refractivity contribution < 1.29 is 10.0 Å². The Morgan fingerprint density at radius 3 is 2.58 bits per heavy atom. The van der Waals surface area contributed by atoms with E-state index in [0.29, 0.717) is 16.8 Å². The number of aliphatic imine (C=N–C) groups is 1. The first kappa shape index (κ1) is 18.9. The molecule has 2 rings (SSSR count). The maximum absolute atomic E-state index is 12.3. The van der Waals surface area contributed by atoms with Crippen LogP contribution in [0.2, 0.25) is 0 Å². The van der Waals surface area contributed by atoms with Crippen LogP contribution in [0.3, 0.4) is 0 Å². The first-order valence-corrected chi connectivity index (χ1v) is 7.86. The van der Waals surface area contributed by atoms with Gasteiger partial charge in [0.1, 0.15) is 11.6 Å². The minimum Gasteiger partial charge on any atom is -0.494 e. The second-order valence-electron chi connectivity index (χ2n) is 6.10. The SMILES string of the molecule is Cc1ccc(N=Cc2c(C)c(C#N)c(=O)n(C(C)C)c2O)cc1[N+](=O)[O-]. The van der Waals surface area contributed by atoms with Crippen molar-refractivity contribution >= 4 is 17.6 Å². The van der Waals surface area contributed by atoms with Crippen LogP contribution in [-0.4, -0.2) is 20.8 Å². The molecular weight excluding hydrogens is 336 g/mol. The molecule has 2 aromatic rings. The van der Waals surface area contributed by atoms with E-state index < -0.39 is 10.5 Å². The van der Waals surface area contributed by atoms with Gasteiger partial charge in [-0.2, -0.15) is 5.26 Å². The van der Waals surface area contributed by atoms with Crippen LogP contribution in [0.15, 0.2) is 28.0 Å². The number of benzene rings is 1. The molecule has 1 aromatic heterocycles. The number of nitrogens with zero attached hydrogens (tertiary/aromatic N) is 4. The molecule has 8 heteroatoms. The molecule has 26 heavy (non-hydrogen) atoms. The van der Waals surface area contributed by atoms with Crippen LogP contribution in [0, 0.1) is 35.3 Å². The Balaban J connectivity index is 2.64. The summed E-state index contributed by atoms with van der Waals surface area (Å²) in [6.45, 7) is 6.59. The lowest BCUT2D eigenvalue weighted by Gasteiger charge is -2.16. The summed E-state index contributed by atoms with van der Waals surface area (Å²) in [7, 11) is 0. The summed E-state index contributed by atoms with van der Waals surface area (Å²) >= 11 is 0. The van der Waals surface area contributed by atoms with Gasteiger partial charge in [-0.3, -0.25) is 24.5 Å². The topological polar surface area (TPSA) is 122 Å². The normalized spacial score (nSPS) is 11.1. The second-order valence-corrected chi connectivity index (χ2v) is 6.10. The van der Waals surface area contributed by atoms with Gasteiger partial charge in [-0.25, -0.2) is 0 Å². The lowest BCUT2D eigenvalue weighted by atomic mass is 10.1. The Bertz CT molecular complexity index is 1010. The zero-order valence-electron chi connectivity index (χ0n) is 14.8. The lowest BCUT2D eigenvalue weighted by molar-refractivity contribution is -0.385. The van der Waals surface area contributed by atoms with Crippen molar-refractivity contribution in [2.45, 2.75) is 33.7 Å². The summed E-state index contributed by atoms with van der Waals surface area (Å²) in [5.74, 6) is -0.299. The summed E-state index contributed by atoms with van der Waals surface area (Å²) in [6.07, 6.45) is 1.30. The number of nitro groups is 1. The Morgan fingerprint density at radius 1 is 1.38 bits per heavy atom. The molecule has 0 aliphatic heterocycles. The van der Waals surface area contributed by atoms with E-state index in [1.54, 1.807) is 39.8 Å². The van der Waals surface area contributed by atoms with Gasteiger partial charge in [-0.15, -0.1) is 0 Å². The molecule has 0 bridgehead atoms. The van der Waals surface area contributed by atoms with E-state index in [4.69, 9.17) is 0 Å². The van der Waals surface area contributed by atoms with Crippen LogP contribution in [0.1, 0.15) is 42.1 Å². The predicted molar refractivity (Wildman–Crippen MR) is 97.3 cm³/mol. The average molecular weight is 354 g/mol. The van der Waals surface area contributed by atoms with Crippen molar-refractivity contribution in [2.24, 2.45) is 4.99 Å². The van der Waals surface area contributed by atoms with E-state index in [9.17, 15) is 25.3 Å². The van der Waals surface area contributed by atoms with Gasteiger partial charge in [0.2, 0.25) is 5.88 Å². The average Bonchev–Trinajstić information content (AvgIpc) is 2.55. The van der Waals surface area contributed by atoms with E-state index in [1.807, 2.05) is 6.07 Å². The second kappa shape index (κ2) is 7.19. The standard InChI is InChI=1S/C18H18N4O4/c1-10(2)21-17(23)14(8-19)12(4)15(18(21)24)9-20-13-6-5-11(3)16(7-13)22(25)26/h5-7,9-10,24H,1-4H3. The molecule has 1 aromatic carbocycles. The van der Waals surface area contributed by atoms with Gasteiger partial charge in [-0.05, 0) is 39.3 Å². The molecule has 0 fully saturated rings. The molecule has 0 aliphatic carbocycles. The molecule has 0 saturated heterocycles. The van der Waals surface area contributed by atoms with E-state index >= 15 is 0 Å². The number of nitriles is 1. The molecule has 134 valence electrons. The number of pyridine rings is 1. The van der Waals surface area contributed by atoms with Gasteiger partial charge < -0.3 is 5.11 Å². The summed E-state index contributed by atoms with van der Waals surface area (Å²) in [6, 6.07) is 6.01. The van der Waals surface area contributed by atoms with Crippen molar-refractivity contribution in [3.05, 3.63) is 60.9 Å². The Hall–Kier alpha value is -3.47. The van der Waals surface area contributed by atoms with Gasteiger partial charge in [0, 0.05) is 23.9 Å². The third kappa shape index (κ3) is 3.32. The summed E-state index contributed by atoms with van der Waals surface area (Å²) in [5.41, 5.74) is 0.643. The van der Waals surface area contributed by atoms with Crippen LogP contribution >= 0.6 is 0 Å². The number of rotatable bonds is 4. The van der Waals surface area contributed by atoms with Gasteiger partial charge in [-0.1, -0.05) is 6.07 Å². The molecule has 8 nitrogen and oxygen atoms in total. The third-order valence-corrected chi connectivity index (χ3v) is 4.04. The highest BCUT2D eigenvalue weighted by Crippen LogP contribution is 2.26. The first-order chi connectivity index (χ1) is 12.2. The van der Waals surface area contributed by atoms with Gasteiger partial charge in [0.05, 0.1) is 16.2 Å². The highest BCUT2D eigenvalue weighted by atomic mass is 16.6. The maximum Gasteiger partial charge on any atom is 0.274 e. The molecule has 0 amide bonds. The van der Waals surface area contributed by atoms with Crippen LogP contribution in [0.4, 0.5) is 11.4 Å². The van der Waals surface area contributed by atoms with Crippen LogP contribution in [0.25, 0.3) is 0 Å². The molecule has 0 radical (unpaired) electrons. The molecule has 0 atom stereocenters. The van der Waals surface area contributed by atoms with Gasteiger partial charge in [0.15, 0.2) is 0 Å². The highest BCUT2D eigenvalue weighted by molar-refractivity contribution is 5.87. The molecule has 0 aliphatic rings.